The van der Waals surface area contributed by atoms with E-state index in [9.17, 15) is 10.2 Å². The van der Waals surface area contributed by atoms with E-state index in [0.29, 0.717) is 17.7 Å². The number of piperazine rings is 1. The van der Waals surface area contributed by atoms with E-state index in [1.807, 2.05) is 18.2 Å². The van der Waals surface area contributed by atoms with Crippen molar-refractivity contribution in [2.45, 2.75) is 44.5 Å². The quantitative estimate of drug-likeness (QED) is 0.863. The Labute approximate surface area is 150 Å². The van der Waals surface area contributed by atoms with Gasteiger partial charge >= 0.3 is 0 Å². The van der Waals surface area contributed by atoms with Crippen molar-refractivity contribution in [3.8, 4) is 5.75 Å². The number of nitrogens with zero attached hydrogens (tertiary/aromatic N) is 3. The second kappa shape index (κ2) is 6.54. The van der Waals surface area contributed by atoms with Crippen molar-refractivity contribution >= 4 is 0 Å². The summed E-state index contributed by atoms with van der Waals surface area (Å²) in [6.07, 6.45) is 0.739. The molecule has 4 rings (SSSR count). The van der Waals surface area contributed by atoms with Crippen LogP contribution in [0.3, 0.4) is 0 Å². The third kappa shape index (κ3) is 3.31. The fourth-order valence-electron chi connectivity index (χ4n) is 5.24. The van der Waals surface area contributed by atoms with E-state index in [2.05, 4.69) is 28.5 Å². The molecule has 2 unspecified atom stereocenters. The minimum absolute atomic E-state index is 0.173. The summed E-state index contributed by atoms with van der Waals surface area (Å²) in [5, 5.41) is 20.2. The molecule has 3 aliphatic rings. The molecule has 3 aliphatic heterocycles. The molecule has 0 amide bonds. The fraction of sp³-hybridized carbons (Fsp3) is 0.700. The van der Waals surface area contributed by atoms with E-state index in [1.54, 1.807) is 6.07 Å². The Balaban J connectivity index is 1.45. The number of hydrogen-bond acceptors (Lipinski definition) is 5. The number of fused-ring (bicyclic) bond motifs is 2. The SMILES string of the molecule is CC(C)CN1CC2CC(O)CN2C2(C1)CN(Cc1ccccc1O)C2. The number of phenolic OH excluding ortho intramolecular Hbond substituents is 1. The van der Waals surface area contributed by atoms with Gasteiger partial charge in [0, 0.05) is 57.4 Å². The fourth-order valence-corrected chi connectivity index (χ4v) is 5.24. The Morgan fingerprint density at radius 2 is 1.84 bits per heavy atom. The highest BCUT2D eigenvalue weighted by Gasteiger charge is 2.55. The van der Waals surface area contributed by atoms with Crippen molar-refractivity contribution in [2.75, 3.05) is 39.3 Å². The number of phenols is 1. The van der Waals surface area contributed by atoms with E-state index in [4.69, 9.17) is 0 Å². The average Bonchev–Trinajstić information content (AvgIpc) is 2.88. The Morgan fingerprint density at radius 3 is 2.56 bits per heavy atom. The second-order valence-electron chi connectivity index (χ2n) is 8.78. The van der Waals surface area contributed by atoms with Crippen molar-refractivity contribution in [3.63, 3.8) is 0 Å². The number of aliphatic hydroxyl groups is 1. The number of benzene rings is 1. The molecule has 2 atom stereocenters. The summed E-state index contributed by atoms with van der Waals surface area (Å²) in [6, 6.07) is 8.13. The lowest BCUT2D eigenvalue weighted by Gasteiger charge is -2.61. The molecule has 1 aromatic rings. The van der Waals surface area contributed by atoms with E-state index in [1.165, 1.54) is 0 Å². The predicted molar refractivity (Wildman–Crippen MR) is 98.5 cm³/mol. The zero-order valence-electron chi connectivity index (χ0n) is 15.4. The van der Waals surface area contributed by atoms with Gasteiger partial charge in [-0.25, -0.2) is 0 Å². The lowest BCUT2D eigenvalue weighted by atomic mass is 9.83. The van der Waals surface area contributed by atoms with Gasteiger partial charge in [0.1, 0.15) is 5.75 Å². The summed E-state index contributed by atoms with van der Waals surface area (Å²) >= 11 is 0. The van der Waals surface area contributed by atoms with Crippen LogP contribution in [-0.4, -0.2) is 81.9 Å². The summed E-state index contributed by atoms with van der Waals surface area (Å²) in [4.78, 5) is 7.63. The minimum Gasteiger partial charge on any atom is -0.508 e. The minimum atomic E-state index is -0.173. The molecule has 0 bridgehead atoms. The zero-order chi connectivity index (χ0) is 17.6. The summed E-state index contributed by atoms with van der Waals surface area (Å²) in [5.41, 5.74) is 1.19. The maximum atomic E-state index is 10.2. The number of para-hydroxylation sites is 1. The summed E-state index contributed by atoms with van der Waals surface area (Å²) in [6.45, 7) is 11.6. The Bertz CT molecular complexity index is 615. The highest BCUT2D eigenvalue weighted by atomic mass is 16.3. The van der Waals surface area contributed by atoms with E-state index < -0.39 is 0 Å². The zero-order valence-corrected chi connectivity index (χ0v) is 15.4. The third-order valence-electron chi connectivity index (χ3n) is 6.03. The first-order valence-corrected chi connectivity index (χ1v) is 9.61. The van der Waals surface area contributed by atoms with E-state index in [0.717, 1.165) is 57.8 Å². The van der Waals surface area contributed by atoms with Gasteiger partial charge < -0.3 is 10.2 Å². The van der Waals surface area contributed by atoms with Gasteiger partial charge in [0.15, 0.2) is 0 Å². The van der Waals surface area contributed by atoms with Crippen molar-refractivity contribution < 1.29 is 10.2 Å². The van der Waals surface area contributed by atoms with Crippen LogP contribution in [0, 0.1) is 5.92 Å². The van der Waals surface area contributed by atoms with Crippen LogP contribution in [-0.2, 0) is 6.54 Å². The molecule has 3 saturated heterocycles. The van der Waals surface area contributed by atoms with Gasteiger partial charge in [-0.1, -0.05) is 32.0 Å². The lowest BCUT2D eigenvalue weighted by Crippen LogP contribution is -2.77. The van der Waals surface area contributed by atoms with Crippen LogP contribution >= 0.6 is 0 Å². The molecular weight excluding hydrogens is 314 g/mol. The average molecular weight is 345 g/mol. The monoisotopic (exact) mass is 345 g/mol. The Hall–Kier alpha value is -1.14. The van der Waals surface area contributed by atoms with E-state index in [-0.39, 0.29) is 11.6 Å². The van der Waals surface area contributed by atoms with Crippen molar-refractivity contribution in [1.82, 2.24) is 14.7 Å². The highest BCUT2D eigenvalue weighted by Crippen LogP contribution is 2.40. The Morgan fingerprint density at radius 1 is 1.12 bits per heavy atom. The summed E-state index contributed by atoms with van der Waals surface area (Å²) in [7, 11) is 0. The lowest BCUT2D eigenvalue weighted by molar-refractivity contribution is -0.118. The predicted octanol–water partition coefficient (Wildman–Crippen LogP) is 1.35. The summed E-state index contributed by atoms with van der Waals surface area (Å²) < 4.78 is 0. The van der Waals surface area contributed by atoms with Crippen LogP contribution in [0.15, 0.2) is 24.3 Å². The molecule has 0 aromatic heterocycles. The topological polar surface area (TPSA) is 50.2 Å². The molecule has 5 nitrogen and oxygen atoms in total. The number of hydrogen-bond donors (Lipinski definition) is 2. The first-order chi connectivity index (χ1) is 11.9. The molecule has 2 N–H and O–H groups in total. The number of likely N-dealkylation sites (tertiary alicyclic amines) is 1. The standard InChI is InChI=1S/C20H31N3O2/c1-15(2)8-21-10-17-7-18(24)11-23(17)20(12-21)13-22(14-20)9-16-5-3-4-6-19(16)25/h3-6,15,17-18,24-25H,7-14H2,1-2H3. The first kappa shape index (κ1) is 17.3. The maximum absolute atomic E-state index is 10.2. The van der Waals surface area contributed by atoms with Gasteiger partial charge in [-0.2, -0.15) is 0 Å². The highest BCUT2D eigenvalue weighted by molar-refractivity contribution is 5.32. The van der Waals surface area contributed by atoms with Gasteiger partial charge in [-0.3, -0.25) is 14.7 Å². The van der Waals surface area contributed by atoms with Crippen LogP contribution in [0.4, 0.5) is 0 Å². The van der Waals surface area contributed by atoms with Gasteiger partial charge in [-0.15, -0.1) is 0 Å². The van der Waals surface area contributed by atoms with Gasteiger partial charge in [0.2, 0.25) is 0 Å². The van der Waals surface area contributed by atoms with Gasteiger partial charge in [-0.05, 0) is 18.4 Å². The molecule has 0 aliphatic carbocycles. The number of β-amino-alcohol motifs (C(OH)–C–C–N with tert-alkyl or cyclic N) is 1. The molecule has 1 spiro atoms. The molecule has 25 heavy (non-hydrogen) atoms. The van der Waals surface area contributed by atoms with Crippen LogP contribution < -0.4 is 0 Å². The van der Waals surface area contributed by atoms with Gasteiger partial charge in [0.25, 0.3) is 0 Å². The molecule has 3 fully saturated rings. The summed E-state index contributed by atoms with van der Waals surface area (Å²) in [5.74, 6) is 1.07. The van der Waals surface area contributed by atoms with Crippen LogP contribution in [0.1, 0.15) is 25.8 Å². The van der Waals surface area contributed by atoms with Crippen LogP contribution in [0.5, 0.6) is 5.75 Å². The smallest absolute Gasteiger partial charge is 0.120 e. The van der Waals surface area contributed by atoms with Crippen LogP contribution in [0.25, 0.3) is 0 Å². The van der Waals surface area contributed by atoms with Crippen LogP contribution in [0.2, 0.25) is 0 Å². The molecule has 5 heteroatoms. The normalized spacial score (nSPS) is 29.9. The molecule has 0 radical (unpaired) electrons. The molecule has 138 valence electrons. The molecule has 3 heterocycles. The largest absolute Gasteiger partial charge is 0.508 e. The number of rotatable bonds is 4. The van der Waals surface area contributed by atoms with Gasteiger partial charge in [0.05, 0.1) is 11.6 Å². The molecular formula is C20H31N3O2. The first-order valence-electron chi connectivity index (χ1n) is 9.61. The van der Waals surface area contributed by atoms with Crippen molar-refractivity contribution in [3.05, 3.63) is 29.8 Å². The second-order valence-corrected chi connectivity index (χ2v) is 8.78. The Kier molecular flexibility index (Phi) is 4.52. The third-order valence-corrected chi connectivity index (χ3v) is 6.03. The molecule has 0 saturated carbocycles. The molecule has 1 aromatic carbocycles. The number of aromatic hydroxyl groups is 1. The number of aliphatic hydroxyl groups excluding tert-OH is 1. The van der Waals surface area contributed by atoms with Crippen molar-refractivity contribution in [2.24, 2.45) is 5.92 Å². The van der Waals surface area contributed by atoms with Crippen molar-refractivity contribution in [1.29, 1.82) is 0 Å². The maximum Gasteiger partial charge on any atom is 0.120 e. The van der Waals surface area contributed by atoms with E-state index >= 15 is 0 Å².